The van der Waals surface area contributed by atoms with E-state index in [0.717, 1.165) is 12.0 Å². The standard InChI is InChI=1S/C35H34F3N3O3S2/c1-5-34(3,4)26-17-24-16-25(21-39)30(22-40)33(29-13-8-7-10-23(29)20-35(36,37)38)32(24)31(18-26)45-27-11-9-12-28(19-27)46(42,43)41-14-15-44-6-2/h7-13,16-19,41H,5-6,14-15,20H2,1-4H3. The molecular formula is C35H34F3N3O3S2. The van der Waals surface area contributed by atoms with E-state index in [1.807, 2.05) is 26.0 Å². The second kappa shape index (κ2) is 14.3. The number of sulfonamides is 1. The summed E-state index contributed by atoms with van der Waals surface area (Å²) < 4.78 is 75.1. The molecule has 4 aromatic carbocycles. The van der Waals surface area contributed by atoms with Gasteiger partial charge in [-0.3, -0.25) is 0 Å². The molecule has 0 spiro atoms. The summed E-state index contributed by atoms with van der Waals surface area (Å²) >= 11 is 1.25. The second-order valence-corrected chi connectivity index (χ2v) is 14.2. The molecule has 0 atom stereocenters. The molecule has 0 saturated heterocycles. The second-order valence-electron chi connectivity index (χ2n) is 11.3. The Hall–Kier alpha value is -3.87. The van der Waals surface area contributed by atoms with Crippen LogP contribution in [0.3, 0.4) is 0 Å². The summed E-state index contributed by atoms with van der Waals surface area (Å²) in [6.07, 6.45) is -4.96. The molecular weight excluding hydrogens is 632 g/mol. The predicted octanol–water partition coefficient (Wildman–Crippen LogP) is 8.51. The van der Waals surface area contributed by atoms with Gasteiger partial charge in [-0.2, -0.15) is 23.7 Å². The number of fused-ring (bicyclic) bond motifs is 1. The van der Waals surface area contributed by atoms with E-state index >= 15 is 0 Å². The van der Waals surface area contributed by atoms with E-state index in [1.54, 1.807) is 24.3 Å². The van der Waals surface area contributed by atoms with E-state index in [2.05, 4.69) is 30.7 Å². The summed E-state index contributed by atoms with van der Waals surface area (Å²) in [5, 5.41) is 21.5. The first-order valence-corrected chi connectivity index (χ1v) is 17.0. The van der Waals surface area contributed by atoms with E-state index in [0.29, 0.717) is 27.2 Å². The molecule has 4 aromatic rings. The third kappa shape index (κ3) is 7.91. The lowest BCUT2D eigenvalue weighted by Gasteiger charge is -2.26. The van der Waals surface area contributed by atoms with Gasteiger partial charge in [-0.05, 0) is 71.2 Å². The number of rotatable bonds is 12. The van der Waals surface area contributed by atoms with Crippen molar-refractivity contribution >= 4 is 32.6 Å². The van der Waals surface area contributed by atoms with Gasteiger partial charge in [-0.15, -0.1) is 0 Å². The Labute approximate surface area is 272 Å². The van der Waals surface area contributed by atoms with Gasteiger partial charge in [0.1, 0.15) is 12.1 Å². The van der Waals surface area contributed by atoms with Crippen molar-refractivity contribution in [3.63, 3.8) is 0 Å². The van der Waals surface area contributed by atoms with Gasteiger partial charge in [0.05, 0.1) is 29.1 Å². The Bertz CT molecular complexity index is 1940. The quantitative estimate of drug-likeness (QED) is 0.152. The molecule has 0 saturated carbocycles. The van der Waals surface area contributed by atoms with Crippen LogP contribution >= 0.6 is 11.8 Å². The fourth-order valence-corrected chi connectivity index (χ4v) is 7.32. The smallest absolute Gasteiger partial charge is 0.380 e. The lowest BCUT2D eigenvalue weighted by Crippen LogP contribution is -2.27. The van der Waals surface area contributed by atoms with E-state index in [-0.39, 0.29) is 51.3 Å². The number of nitrogens with zero attached hydrogens (tertiary/aromatic N) is 2. The molecule has 4 rings (SSSR count). The van der Waals surface area contributed by atoms with Crippen LogP contribution in [0.1, 0.15) is 56.4 Å². The van der Waals surface area contributed by atoms with Crippen LogP contribution < -0.4 is 4.72 Å². The maximum Gasteiger partial charge on any atom is 0.393 e. The maximum absolute atomic E-state index is 13.7. The largest absolute Gasteiger partial charge is 0.393 e. The van der Waals surface area contributed by atoms with Crippen LogP contribution in [-0.4, -0.2) is 34.4 Å². The first-order chi connectivity index (χ1) is 21.7. The van der Waals surface area contributed by atoms with Crippen molar-refractivity contribution in [3.05, 3.63) is 89.0 Å². The minimum atomic E-state index is -4.51. The Balaban J connectivity index is 2.02. The normalized spacial score (nSPS) is 12.2. The van der Waals surface area contributed by atoms with Crippen molar-refractivity contribution in [3.8, 4) is 23.3 Å². The molecule has 0 aliphatic carbocycles. The monoisotopic (exact) mass is 665 g/mol. The molecule has 11 heteroatoms. The van der Waals surface area contributed by atoms with Crippen molar-refractivity contribution in [1.29, 1.82) is 10.5 Å². The third-order valence-electron chi connectivity index (χ3n) is 7.86. The van der Waals surface area contributed by atoms with E-state index in [9.17, 15) is 32.1 Å². The highest BCUT2D eigenvalue weighted by Gasteiger charge is 2.31. The zero-order chi connectivity index (χ0) is 33.7. The van der Waals surface area contributed by atoms with Crippen molar-refractivity contribution in [2.24, 2.45) is 0 Å². The molecule has 0 unspecified atom stereocenters. The molecule has 0 amide bonds. The molecule has 0 bridgehead atoms. The van der Waals surface area contributed by atoms with Crippen LogP contribution in [0.25, 0.3) is 21.9 Å². The molecule has 0 heterocycles. The minimum Gasteiger partial charge on any atom is -0.380 e. The average molecular weight is 666 g/mol. The lowest BCUT2D eigenvalue weighted by atomic mass is 9.80. The van der Waals surface area contributed by atoms with Crippen molar-refractivity contribution in [2.45, 2.75) is 66.8 Å². The molecule has 0 aromatic heterocycles. The number of nitrogens with one attached hydrogen (secondary N) is 1. The van der Waals surface area contributed by atoms with Crippen molar-refractivity contribution < 1.29 is 26.3 Å². The number of halogens is 3. The molecule has 0 aliphatic rings. The zero-order valence-electron chi connectivity index (χ0n) is 26.0. The number of ether oxygens (including phenoxy) is 1. The fourth-order valence-electron chi connectivity index (χ4n) is 5.10. The number of alkyl halides is 3. The Kier molecular flexibility index (Phi) is 10.9. The van der Waals surface area contributed by atoms with Gasteiger partial charge < -0.3 is 4.74 Å². The van der Waals surface area contributed by atoms with Crippen LogP contribution in [0.2, 0.25) is 0 Å². The van der Waals surface area contributed by atoms with Gasteiger partial charge in [-0.1, -0.05) is 68.9 Å². The topological polar surface area (TPSA) is 103 Å². The Morgan fingerprint density at radius 2 is 1.70 bits per heavy atom. The maximum atomic E-state index is 13.7. The summed E-state index contributed by atoms with van der Waals surface area (Å²) in [5.41, 5.74) is 1.06. The van der Waals surface area contributed by atoms with Crippen LogP contribution in [-0.2, 0) is 26.6 Å². The average Bonchev–Trinajstić information content (AvgIpc) is 3.01. The van der Waals surface area contributed by atoms with Gasteiger partial charge in [0.25, 0.3) is 0 Å². The SMILES string of the molecule is CCOCCNS(=O)(=O)c1cccc(Sc2cc(C(C)(C)CC)cc3cc(C#N)c(C#N)c(-c4ccccc4CC(F)(F)F)c23)c1. The van der Waals surface area contributed by atoms with E-state index < -0.39 is 22.6 Å². The minimum absolute atomic E-state index is 0.0243. The zero-order valence-corrected chi connectivity index (χ0v) is 27.6. The summed E-state index contributed by atoms with van der Waals surface area (Å²) in [6.45, 7) is 8.78. The van der Waals surface area contributed by atoms with E-state index in [4.69, 9.17) is 4.74 Å². The van der Waals surface area contributed by atoms with Gasteiger partial charge in [0.15, 0.2) is 0 Å². The Morgan fingerprint density at radius 3 is 2.35 bits per heavy atom. The fraction of sp³-hybridized carbons (Fsp3) is 0.314. The summed E-state index contributed by atoms with van der Waals surface area (Å²) in [5.74, 6) is 0. The molecule has 0 fully saturated rings. The number of benzene rings is 4. The van der Waals surface area contributed by atoms with Gasteiger partial charge in [0.2, 0.25) is 10.0 Å². The molecule has 0 aliphatic heterocycles. The molecule has 46 heavy (non-hydrogen) atoms. The molecule has 1 N–H and O–H groups in total. The van der Waals surface area contributed by atoms with Gasteiger partial charge in [-0.25, -0.2) is 13.1 Å². The summed E-state index contributed by atoms with van der Waals surface area (Å²) in [6, 6.07) is 22.0. The number of nitriles is 2. The Morgan fingerprint density at radius 1 is 0.957 bits per heavy atom. The number of hydrogen-bond acceptors (Lipinski definition) is 6. The molecule has 240 valence electrons. The van der Waals surface area contributed by atoms with Crippen LogP contribution in [0.5, 0.6) is 0 Å². The van der Waals surface area contributed by atoms with Crippen LogP contribution in [0.4, 0.5) is 13.2 Å². The van der Waals surface area contributed by atoms with E-state index in [1.165, 1.54) is 42.1 Å². The highest BCUT2D eigenvalue weighted by molar-refractivity contribution is 7.99. The highest BCUT2D eigenvalue weighted by atomic mass is 32.2. The number of hydrogen-bond donors (Lipinski definition) is 1. The molecule has 0 radical (unpaired) electrons. The van der Waals surface area contributed by atoms with Crippen LogP contribution in [0.15, 0.2) is 81.4 Å². The first-order valence-electron chi connectivity index (χ1n) is 14.7. The molecule has 6 nitrogen and oxygen atoms in total. The lowest BCUT2D eigenvalue weighted by molar-refractivity contribution is -0.127. The first kappa shape index (κ1) is 35.0. The summed E-state index contributed by atoms with van der Waals surface area (Å²) in [7, 11) is -3.86. The van der Waals surface area contributed by atoms with Gasteiger partial charge >= 0.3 is 6.18 Å². The van der Waals surface area contributed by atoms with Crippen molar-refractivity contribution in [1.82, 2.24) is 4.72 Å². The van der Waals surface area contributed by atoms with Crippen molar-refractivity contribution in [2.75, 3.05) is 19.8 Å². The predicted molar refractivity (Wildman–Crippen MR) is 174 cm³/mol. The highest BCUT2D eigenvalue weighted by Crippen LogP contribution is 2.46. The summed E-state index contributed by atoms with van der Waals surface area (Å²) in [4.78, 5) is 1.23. The van der Waals surface area contributed by atoms with Gasteiger partial charge in [0, 0.05) is 33.9 Å². The van der Waals surface area contributed by atoms with Crippen LogP contribution in [0, 0.1) is 22.7 Å². The third-order valence-corrected chi connectivity index (χ3v) is 10.4.